The number of sulfonamides is 1. The molecule has 2 aromatic rings. The van der Waals surface area contributed by atoms with Gasteiger partial charge in [0, 0.05) is 37.9 Å². The standard InChI is InChI=1S/C17H24N4O5S/c1-12(18-2)10-16-20-17(26-21-16)6-7-19-27(22,23)13-4-5-14-15(11-13)25-9-3-8-24-14/h4-5,11-12,18-19H,3,6-10H2,1-2H3. The molecule has 1 atom stereocenters. The third-order valence-corrected chi connectivity index (χ3v) is 5.61. The average Bonchev–Trinajstić information content (AvgIpc) is 2.95. The van der Waals surface area contributed by atoms with Crippen LogP contribution in [0.3, 0.4) is 0 Å². The third-order valence-electron chi connectivity index (χ3n) is 4.15. The number of fused-ring (bicyclic) bond motifs is 1. The van der Waals surface area contributed by atoms with E-state index in [4.69, 9.17) is 14.0 Å². The average molecular weight is 396 g/mol. The maximum atomic E-state index is 12.5. The Bertz CT molecular complexity index is 868. The van der Waals surface area contributed by atoms with Crippen LogP contribution in [0.5, 0.6) is 11.5 Å². The fourth-order valence-corrected chi connectivity index (χ4v) is 3.58. The first-order valence-electron chi connectivity index (χ1n) is 8.86. The van der Waals surface area contributed by atoms with Crippen molar-refractivity contribution < 1.29 is 22.4 Å². The highest BCUT2D eigenvalue weighted by molar-refractivity contribution is 7.89. The minimum Gasteiger partial charge on any atom is -0.490 e. The molecule has 1 unspecified atom stereocenters. The van der Waals surface area contributed by atoms with Crippen molar-refractivity contribution in [1.29, 1.82) is 0 Å². The van der Waals surface area contributed by atoms with Gasteiger partial charge in [0.2, 0.25) is 15.9 Å². The first kappa shape index (κ1) is 19.6. The molecule has 10 heteroatoms. The molecule has 3 rings (SSSR count). The van der Waals surface area contributed by atoms with Crippen molar-refractivity contribution in [3.8, 4) is 11.5 Å². The maximum Gasteiger partial charge on any atom is 0.240 e. The summed E-state index contributed by atoms with van der Waals surface area (Å²) >= 11 is 0. The van der Waals surface area contributed by atoms with E-state index in [1.807, 2.05) is 14.0 Å². The monoisotopic (exact) mass is 396 g/mol. The number of nitrogens with one attached hydrogen (secondary N) is 2. The van der Waals surface area contributed by atoms with Crippen LogP contribution in [0.2, 0.25) is 0 Å². The number of benzene rings is 1. The second-order valence-electron chi connectivity index (χ2n) is 6.30. The molecule has 0 amide bonds. The Labute approximate surface area is 158 Å². The van der Waals surface area contributed by atoms with Gasteiger partial charge in [-0.25, -0.2) is 13.1 Å². The zero-order chi connectivity index (χ0) is 19.3. The van der Waals surface area contributed by atoms with E-state index < -0.39 is 10.0 Å². The Balaban J connectivity index is 1.58. The first-order chi connectivity index (χ1) is 13.0. The highest BCUT2D eigenvalue weighted by Gasteiger charge is 2.19. The largest absolute Gasteiger partial charge is 0.490 e. The van der Waals surface area contributed by atoms with E-state index in [-0.39, 0.29) is 17.5 Å². The molecule has 0 aliphatic carbocycles. The van der Waals surface area contributed by atoms with Gasteiger partial charge in [0.25, 0.3) is 0 Å². The third kappa shape index (κ3) is 5.18. The topological polar surface area (TPSA) is 116 Å². The van der Waals surface area contributed by atoms with Crippen molar-refractivity contribution in [1.82, 2.24) is 20.2 Å². The lowest BCUT2D eigenvalue weighted by Gasteiger charge is -2.10. The molecular weight excluding hydrogens is 372 g/mol. The van der Waals surface area contributed by atoms with Crippen molar-refractivity contribution >= 4 is 10.0 Å². The molecule has 0 spiro atoms. The van der Waals surface area contributed by atoms with Gasteiger partial charge in [-0.1, -0.05) is 5.16 Å². The molecule has 1 aromatic heterocycles. The van der Waals surface area contributed by atoms with Gasteiger partial charge in [0.1, 0.15) is 0 Å². The zero-order valence-corrected chi connectivity index (χ0v) is 16.2. The smallest absolute Gasteiger partial charge is 0.240 e. The van der Waals surface area contributed by atoms with Crippen LogP contribution in [-0.4, -0.2) is 51.4 Å². The van der Waals surface area contributed by atoms with Crippen LogP contribution in [-0.2, 0) is 22.9 Å². The van der Waals surface area contributed by atoms with E-state index in [9.17, 15) is 8.42 Å². The summed E-state index contributed by atoms with van der Waals surface area (Å²) in [7, 11) is -1.82. The minimum absolute atomic E-state index is 0.126. The number of rotatable bonds is 8. The summed E-state index contributed by atoms with van der Waals surface area (Å²) in [6, 6.07) is 4.82. The first-order valence-corrected chi connectivity index (χ1v) is 10.3. The Hall–Kier alpha value is -2.17. The molecule has 0 bridgehead atoms. The molecule has 0 radical (unpaired) electrons. The Morgan fingerprint density at radius 2 is 2.00 bits per heavy atom. The van der Waals surface area contributed by atoms with Gasteiger partial charge >= 0.3 is 0 Å². The molecule has 148 valence electrons. The summed E-state index contributed by atoms with van der Waals surface area (Å²) in [5.41, 5.74) is 0. The molecule has 1 aliphatic heterocycles. The maximum absolute atomic E-state index is 12.5. The van der Waals surface area contributed by atoms with E-state index in [2.05, 4.69) is 20.2 Å². The molecular formula is C17H24N4O5S. The van der Waals surface area contributed by atoms with Crippen LogP contribution in [0, 0.1) is 0 Å². The van der Waals surface area contributed by atoms with Crippen LogP contribution < -0.4 is 19.5 Å². The van der Waals surface area contributed by atoms with E-state index in [1.165, 1.54) is 12.1 Å². The molecule has 0 saturated heterocycles. The highest BCUT2D eigenvalue weighted by Crippen LogP contribution is 2.31. The van der Waals surface area contributed by atoms with Crippen LogP contribution >= 0.6 is 0 Å². The number of likely N-dealkylation sites (N-methyl/N-ethyl adjacent to an activating group) is 1. The Kier molecular flexibility index (Phi) is 6.30. The van der Waals surface area contributed by atoms with E-state index in [0.29, 0.717) is 49.3 Å². The van der Waals surface area contributed by atoms with Crippen LogP contribution in [0.15, 0.2) is 27.6 Å². The van der Waals surface area contributed by atoms with E-state index >= 15 is 0 Å². The predicted octanol–water partition coefficient (Wildman–Crippen LogP) is 0.902. The second-order valence-corrected chi connectivity index (χ2v) is 8.07. The molecule has 1 aliphatic rings. The van der Waals surface area contributed by atoms with Gasteiger partial charge < -0.3 is 19.3 Å². The van der Waals surface area contributed by atoms with Crippen LogP contribution in [0.25, 0.3) is 0 Å². The fourth-order valence-electron chi connectivity index (χ4n) is 2.54. The minimum atomic E-state index is -3.68. The summed E-state index contributed by atoms with van der Waals surface area (Å²) in [5.74, 6) is 1.99. The van der Waals surface area contributed by atoms with Crippen LogP contribution in [0.1, 0.15) is 25.1 Å². The molecule has 2 N–H and O–H groups in total. The van der Waals surface area contributed by atoms with Gasteiger partial charge in [-0.2, -0.15) is 4.98 Å². The number of hydrogen-bond acceptors (Lipinski definition) is 8. The molecule has 0 fully saturated rings. The van der Waals surface area contributed by atoms with Crippen molar-refractivity contribution in [2.24, 2.45) is 0 Å². The summed E-state index contributed by atoms with van der Waals surface area (Å²) in [4.78, 5) is 4.40. The number of aromatic nitrogens is 2. The van der Waals surface area contributed by atoms with Crippen molar-refractivity contribution in [2.75, 3.05) is 26.8 Å². The van der Waals surface area contributed by atoms with Crippen LogP contribution in [0.4, 0.5) is 0 Å². The number of ether oxygens (including phenoxy) is 2. The van der Waals surface area contributed by atoms with Crippen molar-refractivity contribution in [2.45, 2.75) is 37.1 Å². The molecule has 0 saturated carbocycles. The molecule has 2 heterocycles. The molecule has 1 aromatic carbocycles. The summed E-state index contributed by atoms with van der Waals surface area (Å²) in [6.45, 7) is 3.21. The van der Waals surface area contributed by atoms with Gasteiger partial charge in [-0.15, -0.1) is 0 Å². The normalized spacial score (nSPS) is 15.3. The summed E-state index contributed by atoms with van der Waals surface area (Å²) in [5, 5.41) is 7.00. The lowest BCUT2D eigenvalue weighted by atomic mass is 10.2. The zero-order valence-electron chi connectivity index (χ0n) is 15.4. The SMILES string of the molecule is CNC(C)Cc1noc(CCNS(=O)(=O)c2ccc3c(c2)OCCCO3)n1. The molecule has 27 heavy (non-hydrogen) atoms. The fraction of sp³-hybridized carbons (Fsp3) is 0.529. The van der Waals surface area contributed by atoms with Crippen molar-refractivity contribution in [3.63, 3.8) is 0 Å². The predicted molar refractivity (Wildman–Crippen MR) is 97.5 cm³/mol. The Morgan fingerprint density at radius 1 is 1.22 bits per heavy atom. The highest BCUT2D eigenvalue weighted by atomic mass is 32.2. The summed E-state index contributed by atoms with van der Waals surface area (Å²) in [6.07, 6.45) is 1.71. The number of nitrogens with zero attached hydrogens (tertiary/aromatic N) is 2. The lowest BCUT2D eigenvalue weighted by Crippen LogP contribution is -2.26. The van der Waals surface area contributed by atoms with E-state index in [0.717, 1.165) is 6.42 Å². The lowest BCUT2D eigenvalue weighted by molar-refractivity contribution is 0.297. The second kappa shape index (κ2) is 8.68. The Morgan fingerprint density at radius 3 is 2.78 bits per heavy atom. The van der Waals surface area contributed by atoms with Crippen molar-refractivity contribution in [3.05, 3.63) is 29.9 Å². The van der Waals surface area contributed by atoms with Gasteiger partial charge in [-0.05, 0) is 26.1 Å². The number of hydrogen-bond donors (Lipinski definition) is 2. The van der Waals surface area contributed by atoms with Gasteiger partial charge in [-0.3, -0.25) is 0 Å². The van der Waals surface area contributed by atoms with Gasteiger partial charge in [0.15, 0.2) is 17.3 Å². The van der Waals surface area contributed by atoms with Gasteiger partial charge in [0.05, 0.1) is 18.1 Å². The van der Waals surface area contributed by atoms with E-state index in [1.54, 1.807) is 6.07 Å². The summed E-state index contributed by atoms with van der Waals surface area (Å²) < 4.78 is 43.8. The molecule has 9 nitrogen and oxygen atoms in total. The quantitative estimate of drug-likeness (QED) is 0.676.